The Morgan fingerprint density at radius 2 is 1.88 bits per heavy atom. The van der Waals surface area contributed by atoms with Crippen molar-refractivity contribution in [2.75, 3.05) is 27.2 Å². The first kappa shape index (κ1) is 22.4. The van der Waals surface area contributed by atoms with Crippen molar-refractivity contribution in [2.45, 2.75) is 19.9 Å². The topological polar surface area (TPSA) is 56.7 Å². The second-order valence-electron chi connectivity index (χ2n) is 5.85. The largest absolute Gasteiger partial charge is 0.357 e. The number of carbonyl (C=O) groups is 1. The summed E-state index contributed by atoms with van der Waals surface area (Å²) in [5.74, 6) is 0.825. The zero-order valence-electron chi connectivity index (χ0n) is 15.5. The minimum Gasteiger partial charge on any atom is -0.357 e. The monoisotopic (exact) mass is 486 g/mol. The first-order valence-corrected chi connectivity index (χ1v) is 9.33. The number of halogens is 1. The number of hydrogen-bond acceptors (Lipinski definition) is 3. The van der Waals surface area contributed by atoms with Gasteiger partial charge in [0.15, 0.2) is 5.96 Å². The van der Waals surface area contributed by atoms with Gasteiger partial charge >= 0.3 is 0 Å². The van der Waals surface area contributed by atoms with Gasteiger partial charge in [0.25, 0.3) is 5.91 Å². The number of nitrogens with zero attached hydrogens (tertiary/aromatic N) is 2. The Morgan fingerprint density at radius 1 is 1.15 bits per heavy atom. The Hall–Kier alpha value is -1.61. The van der Waals surface area contributed by atoms with Gasteiger partial charge in [0, 0.05) is 37.6 Å². The van der Waals surface area contributed by atoms with E-state index in [0.717, 1.165) is 31.0 Å². The summed E-state index contributed by atoms with van der Waals surface area (Å²) in [5, 5.41) is 8.71. The zero-order chi connectivity index (χ0) is 18.1. The van der Waals surface area contributed by atoms with Gasteiger partial charge in [0.05, 0.1) is 6.54 Å². The Labute approximate surface area is 176 Å². The van der Waals surface area contributed by atoms with E-state index in [1.54, 1.807) is 30.3 Å². The van der Waals surface area contributed by atoms with Crippen molar-refractivity contribution in [3.8, 4) is 0 Å². The maximum Gasteiger partial charge on any atom is 0.253 e. The summed E-state index contributed by atoms with van der Waals surface area (Å²) in [6.07, 6.45) is 0.990. The summed E-state index contributed by atoms with van der Waals surface area (Å²) in [4.78, 5) is 19.5. The van der Waals surface area contributed by atoms with Gasteiger partial charge in [-0.3, -0.25) is 4.79 Å². The fourth-order valence-electron chi connectivity index (χ4n) is 2.28. The van der Waals surface area contributed by atoms with Gasteiger partial charge < -0.3 is 15.5 Å². The van der Waals surface area contributed by atoms with Crippen LogP contribution in [0.15, 0.2) is 46.8 Å². The summed E-state index contributed by atoms with van der Waals surface area (Å²) < 4.78 is 0. The van der Waals surface area contributed by atoms with Crippen LogP contribution in [0.4, 0.5) is 0 Å². The van der Waals surface area contributed by atoms with E-state index in [4.69, 9.17) is 0 Å². The molecule has 2 N–H and O–H groups in total. The number of aliphatic imine (C=N–C) groups is 1. The van der Waals surface area contributed by atoms with Gasteiger partial charge in [-0.25, -0.2) is 4.99 Å². The molecule has 1 amide bonds. The lowest BCUT2D eigenvalue weighted by atomic mass is 10.1. The third kappa shape index (κ3) is 7.33. The fraction of sp³-hybridized carbons (Fsp3) is 0.368. The van der Waals surface area contributed by atoms with E-state index in [2.05, 4.69) is 40.1 Å². The standard InChI is InChI=1S/C19H26N4OS.HI/c1-4-20-19(21-12-11-17-6-5-13-25-17)22-14-15-7-9-16(10-8-15)18(24)23(2)3;/h5-10,13H,4,11-12,14H2,1-3H3,(H2,20,21,22);1H. The summed E-state index contributed by atoms with van der Waals surface area (Å²) in [6, 6.07) is 11.8. The van der Waals surface area contributed by atoms with E-state index in [-0.39, 0.29) is 29.9 Å². The third-order valence-corrected chi connectivity index (χ3v) is 4.55. The lowest BCUT2D eigenvalue weighted by Gasteiger charge is -2.12. The molecule has 1 heterocycles. The molecule has 0 fully saturated rings. The van der Waals surface area contributed by atoms with Crippen molar-refractivity contribution >= 4 is 47.2 Å². The molecule has 0 saturated heterocycles. The Balaban J connectivity index is 0.00000338. The highest BCUT2D eigenvalue weighted by Crippen LogP contribution is 2.09. The van der Waals surface area contributed by atoms with Crippen LogP contribution in [0.1, 0.15) is 27.7 Å². The second-order valence-corrected chi connectivity index (χ2v) is 6.88. The summed E-state index contributed by atoms with van der Waals surface area (Å²) in [7, 11) is 3.51. The van der Waals surface area contributed by atoms with Crippen LogP contribution in [-0.4, -0.2) is 44.0 Å². The number of guanidine groups is 1. The number of rotatable bonds is 7. The Kier molecular flexibility index (Phi) is 10.3. The van der Waals surface area contributed by atoms with Gasteiger partial charge in [0.1, 0.15) is 0 Å². The molecule has 0 aliphatic heterocycles. The number of carbonyl (C=O) groups excluding carboxylic acids is 1. The minimum atomic E-state index is 0. The average molecular weight is 486 g/mol. The second kappa shape index (κ2) is 11.9. The molecule has 1 aromatic carbocycles. The summed E-state index contributed by atoms with van der Waals surface area (Å²) in [5.41, 5.74) is 1.77. The lowest BCUT2D eigenvalue weighted by molar-refractivity contribution is 0.0827. The van der Waals surface area contributed by atoms with Crippen LogP contribution >= 0.6 is 35.3 Å². The SMILES string of the molecule is CCNC(=NCc1ccc(C(=O)N(C)C)cc1)NCCc1cccs1.I. The molecule has 0 bridgehead atoms. The van der Waals surface area contributed by atoms with E-state index < -0.39 is 0 Å². The molecule has 0 spiro atoms. The molecule has 0 aliphatic carbocycles. The maximum absolute atomic E-state index is 11.9. The van der Waals surface area contributed by atoms with Crippen LogP contribution in [0.3, 0.4) is 0 Å². The van der Waals surface area contributed by atoms with Crippen LogP contribution in [0, 0.1) is 0 Å². The van der Waals surface area contributed by atoms with Crippen molar-refractivity contribution in [2.24, 2.45) is 4.99 Å². The van der Waals surface area contributed by atoms with Crippen molar-refractivity contribution in [3.63, 3.8) is 0 Å². The molecule has 7 heteroatoms. The maximum atomic E-state index is 11.9. The fourth-order valence-corrected chi connectivity index (χ4v) is 2.99. The quantitative estimate of drug-likeness (QED) is 0.359. The van der Waals surface area contributed by atoms with Gasteiger partial charge in [-0.05, 0) is 42.5 Å². The molecule has 0 saturated carbocycles. The molecule has 0 radical (unpaired) electrons. The molecule has 1 aromatic heterocycles. The number of amides is 1. The van der Waals surface area contributed by atoms with Crippen molar-refractivity contribution < 1.29 is 4.79 Å². The van der Waals surface area contributed by atoms with Crippen LogP contribution in [-0.2, 0) is 13.0 Å². The molecule has 2 aromatic rings. The van der Waals surface area contributed by atoms with E-state index in [0.29, 0.717) is 12.1 Å². The molecule has 5 nitrogen and oxygen atoms in total. The van der Waals surface area contributed by atoms with Crippen molar-refractivity contribution in [3.05, 3.63) is 57.8 Å². The van der Waals surface area contributed by atoms with Gasteiger partial charge in [0.2, 0.25) is 0 Å². The number of nitrogens with one attached hydrogen (secondary N) is 2. The van der Waals surface area contributed by atoms with Crippen LogP contribution < -0.4 is 10.6 Å². The number of benzene rings is 1. The highest BCUT2D eigenvalue weighted by atomic mass is 127. The van der Waals surface area contributed by atoms with E-state index in [1.807, 2.05) is 24.3 Å². The predicted molar refractivity (Wildman–Crippen MR) is 121 cm³/mol. The zero-order valence-corrected chi connectivity index (χ0v) is 18.6. The first-order chi connectivity index (χ1) is 12.1. The first-order valence-electron chi connectivity index (χ1n) is 8.45. The number of thiophene rings is 1. The van der Waals surface area contributed by atoms with Gasteiger partial charge in [-0.2, -0.15) is 0 Å². The Morgan fingerprint density at radius 3 is 2.46 bits per heavy atom. The molecule has 0 atom stereocenters. The van der Waals surface area contributed by atoms with Crippen LogP contribution in [0.25, 0.3) is 0 Å². The molecule has 2 rings (SSSR count). The average Bonchev–Trinajstić information content (AvgIpc) is 3.13. The van der Waals surface area contributed by atoms with E-state index in [1.165, 1.54) is 4.88 Å². The normalized spacial score (nSPS) is 10.8. The lowest BCUT2D eigenvalue weighted by Crippen LogP contribution is -2.38. The highest BCUT2D eigenvalue weighted by molar-refractivity contribution is 14.0. The van der Waals surface area contributed by atoms with Crippen molar-refractivity contribution in [1.29, 1.82) is 0 Å². The molecular weight excluding hydrogens is 459 g/mol. The highest BCUT2D eigenvalue weighted by Gasteiger charge is 2.07. The third-order valence-electron chi connectivity index (χ3n) is 3.61. The summed E-state index contributed by atoms with van der Waals surface area (Å²) in [6.45, 7) is 4.30. The molecule has 0 aliphatic rings. The molecule has 142 valence electrons. The minimum absolute atomic E-state index is 0. The predicted octanol–water partition coefficient (Wildman–Crippen LogP) is 3.37. The molecular formula is C19H27IN4OS. The summed E-state index contributed by atoms with van der Waals surface area (Å²) >= 11 is 1.77. The van der Waals surface area contributed by atoms with E-state index in [9.17, 15) is 4.79 Å². The van der Waals surface area contributed by atoms with Crippen LogP contribution in [0.5, 0.6) is 0 Å². The van der Waals surface area contributed by atoms with Gasteiger partial charge in [-0.15, -0.1) is 35.3 Å². The smallest absolute Gasteiger partial charge is 0.253 e. The molecule has 0 unspecified atom stereocenters. The number of hydrogen-bond donors (Lipinski definition) is 2. The van der Waals surface area contributed by atoms with E-state index >= 15 is 0 Å². The van der Waals surface area contributed by atoms with Crippen LogP contribution in [0.2, 0.25) is 0 Å². The Bertz CT molecular complexity index is 684. The van der Waals surface area contributed by atoms with Crippen molar-refractivity contribution in [1.82, 2.24) is 15.5 Å². The molecule has 26 heavy (non-hydrogen) atoms. The van der Waals surface area contributed by atoms with Gasteiger partial charge in [-0.1, -0.05) is 18.2 Å².